The fourth-order valence-electron chi connectivity index (χ4n) is 2.90. The van der Waals surface area contributed by atoms with Crippen LogP contribution in [0.5, 0.6) is 0 Å². The van der Waals surface area contributed by atoms with Crippen molar-refractivity contribution in [2.45, 2.75) is 38.2 Å². The number of nitriles is 1. The van der Waals surface area contributed by atoms with E-state index in [1.165, 1.54) is 12.3 Å². The summed E-state index contributed by atoms with van der Waals surface area (Å²) >= 11 is 0. The molecule has 1 aromatic rings. The lowest BCUT2D eigenvalue weighted by molar-refractivity contribution is -0.384. The van der Waals surface area contributed by atoms with Crippen molar-refractivity contribution in [1.29, 1.82) is 5.26 Å². The third-order valence-electron chi connectivity index (χ3n) is 3.88. The van der Waals surface area contributed by atoms with Crippen molar-refractivity contribution in [3.05, 3.63) is 27.9 Å². The van der Waals surface area contributed by atoms with E-state index in [2.05, 4.69) is 17.2 Å². The molecular weight excluding hydrogens is 272 g/mol. The van der Waals surface area contributed by atoms with E-state index in [1.807, 2.05) is 0 Å². The molecule has 0 spiro atoms. The molecule has 7 heteroatoms. The zero-order valence-electron chi connectivity index (χ0n) is 11.9. The molecule has 2 unspecified atom stereocenters. The Morgan fingerprint density at radius 2 is 2.48 bits per heavy atom. The maximum atomic E-state index is 11.1. The zero-order valence-corrected chi connectivity index (χ0v) is 11.9. The van der Waals surface area contributed by atoms with Crippen LogP contribution in [0.25, 0.3) is 0 Å². The molecule has 0 amide bonds. The van der Waals surface area contributed by atoms with Gasteiger partial charge < -0.3 is 10.4 Å². The van der Waals surface area contributed by atoms with E-state index < -0.39 is 10.5 Å². The van der Waals surface area contributed by atoms with Crippen LogP contribution in [0.15, 0.2) is 12.3 Å². The first kappa shape index (κ1) is 15.2. The maximum Gasteiger partial charge on any atom is 0.328 e. The molecular formula is C14H18N4O3. The molecule has 1 aliphatic carbocycles. The Labute approximate surface area is 122 Å². The summed E-state index contributed by atoms with van der Waals surface area (Å²) in [5, 5.41) is 33.4. The highest BCUT2D eigenvalue weighted by atomic mass is 16.6. The number of hydrogen-bond donors (Lipinski definition) is 2. The van der Waals surface area contributed by atoms with E-state index in [1.54, 1.807) is 6.07 Å². The molecule has 0 aliphatic heterocycles. The smallest absolute Gasteiger partial charge is 0.328 e. The molecule has 2 rings (SSSR count). The fraction of sp³-hybridized carbons (Fsp3) is 0.571. The number of aliphatic hydroxyl groups is 1. The lowest BCUT2D eigenvalue weighted by Gasteiger charge is -2.35. The lowest BCUT2D eigenvalue weighted by Crippen LogP contribution is -2.41. The van der Waals surface area contributed by atoms with E-state index in [-0.39, 0.29) is 23.6 Å². The highest BCUT2D eigenvalue weighted by Crippen LogP contribution is 2.33. The van der Waals surface area contributed by atoms with Crippen molar-refractivity contribution in [1.82, 2.24) is 4.98 Å². The molecule has 1 aliphatic rings. The van der Waals surface area contributed by atoms with Gasteiger partial charge in [0.25, 0.3) is 0 Å². The van der Waals surface area contributed by atoms with Gasteiger partial charge in [0.05, 0.1) is 10.5 Å². The summed E-state index contributed by atoms with van der Waals surface area (Å²) < 4.78 is 0. The first-order chi connectivity index (χ1) is 9.95. The molecule has 7 nitrogen and oxygen atoms in total. The largest absolute Gasteiger partial charge is 0.388 e. The Morgan fingerprint density at radius 1 is 1.71 bits per heavy atom. The van der Waals surface area contributed by atoms with E-state index in [4.69, 9.17) is 5.26 Å². The van der Waals surface area contributed by atoms with Crippen LogP contribution in [0.3, 0.4) is 0 Å². The molecule has 112 valence electrons. The van der Waals surface area contributed by atoms with Gasteiger partial charge in [0, 0.05) is 12.7 Å². The zero-order chi connectivity index (χ0) is 15.5. The predicted molar refractivity (Wildman–Crippen MR) is 76.7 cm³/mol. The van der Waals surface area contributed by atoms with Gasteiger partial charge >= 0.3 is 5.69 Å². The Kier molecular flexibility index (Phi) is 4.38. The number of nitro groups is 1. The number of nitrogens with one attached hydrogen (secondary N) is 1. The first-order valence-corrected chi connectivity index (χ1v) is 6.95. The molecule has 1 fully saturated rings. The van der Waals surface area contributed by atoms with Crippen molar-refractivity contribution < 1.29 is 10.0 Å². The van der Waals surface area contributed by atoms with Crippen LogP contribution >= 0.6 is 0 Å². The van der Waals surface area contributed by atoms with Gasteiger partial charge in [0.2, 0.25) is 5.82 Å². The van der Waals surface area contributed by atoms with Gasteiger partial charge in [0.15, 0.2) is 0 Å². The summed E-state index contributed by atoms with van der Waals surface area (Å²) in [6, 6.07) is 3.09. The fourth-order valence-corrected chi connectivity index (χ4v) is 2.90. The number of aromatic nitrogens is 1. The molecule has 0 aromatic carbocycles. The van der Waals surface area contributed by atoms with Crippen molar-refractivity contribution >= 4 is 11.5 Å². The van der Waals surface area contributed by atoms with Crippen LogP contribution in [0.2, 0.25) is 0 Å². The summed E-state index contributed by atoms with van der Waals surface area (Å²) in [5.41, 5.74) is -1.26. The third kappa shape index (κ3) is 3.47. The topological polar surface area (TPSA) is 112 Å². The van der Waals surface area contributed by atoms with Gasteiger partial charge in [-0.1, -0.05) is 19.8 Å². The number of anilines is 1. The van der Waals surface area contributed by atoms with Crippen molar-refractivity contribution in [3.63, 3.8) is 0 Å². The first-order valence-electron chi connectivity index (χ1n) is 6.95. The lowest BCUT2D eigenvalue weighted by atomic mass is 9.79. The number of hydrogen-bond acceptors (Lipinski definition) is 6. The summed E-state index contributed by atoms with van der Waals surface area (Å²) in [6.45, 7) is 2.28. The second-order valence-electron chi connectivity index (χ2n) is 5.70. The van der Waals surface area contributed by atoms with Gasteiger partial charge in [0.1, 0.15) is 11.6 Å². The molecule has 1 saturated carbocycles. The molecule has 1 heterocycles. The van der Waals surface area contributed by atoms with Crippen LogP contribution in [0, 0.1) is 27.4 Å². The monoisotopic (exact) mass is 290 g/mol. The Balaban J connectivity index is 2.17. The summed E-state index contributed by atoms with van der Waals surface area (Å²) in [4.78, 5) is 14.4. The van der Waals surface area contributed by atoms with E-state index in [0.29, 0.717) is 18.8 Å². The average molecular weight is 290 g/mol. The molecule has 21 heavy (non-hydrogen) atoms. The van der Waals surface area contributed by atoms with Crippen LogP contribution < -0.4 is 5.32 Å². The molecule has 0 bridgehead atoms. The minimum absolute atomic E-state index is 0.0331. The summed E-state index contributed by atoms with van der Waals surface area (Å²) in [5.74, 6) is 0.463. The van der Waals surface area contributed by atoms with Crippen LogP contribution in [0.1, 0.15) is 38.2 Å². The van der Waals surface area contributed by atoms with Crippen molar-refractivity contribution in [2.75, 3.05) is 11.9 Å². The quantitative estimate of drug-likeness (QED) is 0.649. The third-order valence-corrected chi connectivity index (χ3v) is 3.88. The SMILES string of the molecule is CC1CCCC(O)(CNc2nccc(C#N)c2[N+](=O)[O-])C1. The number of nitrogens with zero attached hydrogens (tertiary/aromatic N) is 3. The molecule has 1 aromatic heterocycles. The highest BCUT2D eigenvalue weighted by molar-refractivity contribution is 5.64. The minimum Gasteiger partial charge on any atom is -0.388 e. The highest BCUT2D eigenvalue weighted by Gasteiger charge is 2.33. The standard InChI is InChI=1S/C14H18N4O3/c1-10-3-2-5-14(19,7-10)9-17-13-12(18(20)21)11(8-15)4-6-16-13/h4,6,10,19H,2-3,5,7,9H2,1H3,(H,16,17). The molecule has 0 saturated heterocycles. The van der Waals surface area contributed by atoms with Crippen molar-refractivity contribution in [2.24, 2.45) is 5.92 Å². The second-order valence-corrected chi connectivity index (χ2v) is 5.70. The van der Waals surface area contributed by atoms with Gasteiger partial charge in [-0.05, 0) is 24.8 Å². The van der Waals surface area contributed by atoms with Crippen LogP contribution in [-0.4, -0.2) is 27.2 Å². The summed E-state index contributed by atoms with van der Waals surface area (Å²) in [7, 11) is 0. The van der Waals surface area contributed by atoms with Gasteiger partial charge in [-0.3, -0.25) is 10.1 Å². The second kappa shape index (κ2) is 6.06. The summed E-state index contributed by atoms with van der Waals surface area (Å²) in [6.07, 6.45) is 4.70. The van der Waals surface area contributed by atoms with Crippen molar-refractivity contribution in [3.8, 4) is 6.07 Å². The van der Waals surface area contributed by atoms with Crippen LogP contribution in [-0.2, 0) is 0 Å². The normalized spacial score (nSPS) is 25.1. The molecule has 2 N–H and O–H groups in total. The van der Waals surface area contributed by atoms with Gasteiger partial charge in [-0.25, -0.2) is 4.98 Å². The van der Waals surface area contributed by atoms with Crippen LogP contribution in [0.4, 0.5) is 11.5 Å². The van der Waals surface area contributed by atoms with E-state index in [9.17, 15) is 15.2 Å². The average Bonchev–Trinajstić information content (AvgIpc) is 2.44. The Morgan fingerprint density at radius 3 is 3.10 bits per heavy atom. The number of rotatable bonds is 4. The minimum atomic E-state index is -0.879. The van der Waals surface area contributed by atoms with Gasteiger partial charge in [-0.15, -0.1) is 0 Å². The Hall–Kier alpha value is -2.20. The van der Waals surface area contributed by atoms with Gasteiger partial charge in [-0.2, -0.15) is 5.26 Å². The van der Waals surface area contributed by atoms with E-state index >= 15 is 0 Å². The maximum absolute atomic E-state index is 11.1. The Bertz CT molecular complexity index is 584. The van der Waals surface area contributed by atoms with E-state index in [0.717, 1.165) is 12.8 Å². The molecule has 2 atom stereocenters. The number of pyridine rings is 1. The predicted octanol–water partition coefficient (Wildman–Crippen LogP) is 2.21. The molecule has 0 radical (unpaired) electrons.